The first kappa shape index (κ1) is 21.1. The smallest absolute Gasteiger partial charge is 0.328 e. The quantitative estimate of drug-likeness (QED) is 0.548. The molecule has 0 aromatic carbocycles. The van der Waals surface area contributed by atoms with E-state index in [-0.39, 0.29) is 16.9 Å². The molecule has 130 valence electrons. The van der Waals surface area contributed by atoms with Gasteiger partial charge in [-0.25, -0.2) is 4.79 Å². The van der Waals surface area contributed by atoms with Gasteiger partial charge in [0.1, 0.15) is 6.04 Å². The van der Waals surface area contributed by atoms with Gasteiger partial charge in [-0.2, -0.15) is 0 Å². The Balaban J connectivity index is 4.56. The van der Waals surface area contributed by atoms with Gasteiger partial charge in [-0.1, -0.05) is 34.6 Å². The zero-order chi connectivity index (χ0) is 17.6. The van der Waals surface area contributed by atoms with Gasteiger partial charge in [-0.3, -0.25) is 4.79 Å². The third-order valence-corrected chi connectivity index (χ3v) is 8.63. The lowest BCUT2D eigenvalue weighted by Gasteiger charge is -2.36. The SMILES string of the molecule is COC(=O)[C@H](CCO[Si](C)(C)C(C)(C)C)NC(=O)CC(C)C. The van der Waals surface area contributed by atoms with Crippen molar-refractivity contribution in [1.82, 2.24) is 5.32 Å². The van der Waals surface area contributed by atoms with Crippen LogP contribution in [-0.2, 0) is 18.8 Å². The highest BCUT2D eigenvalue weighted by Gasteiger charge is 2.37. The molecule has 0 bridgehead atoms. The first-order valence-corrected chi connectivity index (χ1v) is 10.8. The highest BCUT2D eigenvalue weighted by atomic mass is 28.4. The van der Waals surface area contributed by atoms with Crippen molar-refractivity contribution in [2.45, 2.75) is 71.6 Å². The molecule has 0 unspecified atom stereocenters. The molecule has 0 heterocycles. The predicted molar refractivity (Wildman–Crippen MR) is 91.2 cm³/mol. The molecular weight excluding hydrogens is 298 g/mol. The molecular formula is C16H33NO4Si. The molecule has 0 aliphatic heterocycles. The van der Waals surface area contributed by atoms with E-state index in [1.165, 1.54) is 7.11 Å². The van der Waals surface area contributed by atoms with Crippen molar-refractivity contribution in [1.29, 1.82) is 0 Å². The standard InChI is InChI=1S/C16H33NO4Si/c1-12(2)11-14(18)17-13(15(19)20-6)9-10-21-22(7,8)16(3,4)5/h12-13H,9-11H2,1-8H3,(H,17,18)/t13-/m0/s1. The van der Waals surface area contributed by atoms with Crippen LogP contribution < -0.4 is 5.32 Å². The predicted octanol–water partition coefficient (Wildman–Crippen LogP) is 3.10. The zero-order valence-corrected chi connectivity index (χ0v) is 16.4. The Morgan fingerprint density at radius 2 is 1.73 bits per heavy atom. The van der Waals surface area contributed by atoms with Crippen molar-refractivity contribution in [2.75, 3.05) is 13.7 Å². The van der Waals surface area contributed by atoms with Crippen molar-refractivity contribution in [3.8, 4) is 0 Å². The molecule has 1 amide bonds. The fraction of sp³-hybridized carbons (Fsp3) is 0.875. The lowest BCUT2D eigenvalue weighted by atomic mass is 10.1. The summed E-state index contributed by atoms with van der Waals surface area (Å²) in [5.41, 5.74) is 0. The van der Waals surface area contributed by atoms with Crippen LogP contribution in [0.3, 0.4) is 0 Å². The monoisotopic (exact) mass is 331 g/mol. The minimum absolute atomic E-state index is 0.120. The summed E-state index contributed by atoms with van der Waals surface area (Å²) in [4.78, 5) is 23.7. The van der Waals surface area contributed by atoms with E-state index in [9.17, 15) is 9.59 Å². The molecule has 22 heavy (non-hydrogen) atoms. The van der Waals surface area contributed by atoms with Crippen LogP contribution in [0.15, 0.2) is 0 Å². The van der Waals surface area contributed by atoms with E-state index in [4.69, 9.17) is 9.16 Å². The topological polar surface area (TPSA) is 64.6 Å². The van der Waals surface area contributed by atoms with E-state index in [0.29, 0.717) is 19.4 Å². The second-order valence-corrected chi connectivity index (χ2v) is 12.4. The van der Waals surface area contributed by atoms with Gasteiger partial charge in [0.25, 0.3) is 0 Å². The summed E-state index contributed by atoms with van der Waals surface area (Å²) in [5.74, 6) is -0.296. The Labute approximate surface area is 136 Å². The number of carbonyl (C=O) groups is 2. The molecule has 0 aliphatic rings. The van der Waals surface area contributed by atoms with Crippen LogP contribution in [0.4, 0.5) is 0 Å². The van der Waals surface area contributed by atoms with Crippen LogP contribution in [0.1, 0.15) is 47.5 Å². The Kier molecular flexibility index (Phi) is 8.32. The minimum atomic E-state index is -1.85. The molecule has 0 rings (SSSR count). The second-order valence-electron chi connectivity index (χ2n) is 7.64. The van der Waals surface area contributed by atoms with Gasteiger partial charge < -0.3 is 14.5 Å². The molecule has 0 aromatic heterocycles. The van der Waals surface area contributed by atoms with Gasteiger partial charge in [0.05, 0.1) is 7.11 Å². The van der Waals surface area contributed by atoms with Gasteiger partial charge in [0, 0.05) is 19.4 Å². The van der Waals surface area contributed by atoms with E-state index < -0.39 is 20.3 Å². The van der Waals surface area contributed by atoms with Gasteiger partial charge >= 0.3 is 5.97 Å². The summed E-state index contributed by atoms with van der Waals surface area (Å²) in [6.07, 6.45) is 0.833. The molecule has 0 aromatic rings. The Morgan fingerprint density at radius 1 is 1.18 bits per heavy atom. The maximum absolute atomic E-state index is 11.9. The fourth-order valence-corrected chi connectivity index (χ4v) is 2.72. The van der Waals surface area contributed by atoms with E-state index in [1.54, 1.807) is 0 Å². The summed E-state index contributed by atoms with van der Waals surface area (Å²) in [5, 5.41) is 2.87. The lowest BCUT2D eigenvalue weighted by molar-refractivity contribution is -0.145. The van der Waals surface area contributed by atoms with Crippen molar-refractivity contribution in [3.63, 3.8) is 0 Å². The normalized spacial score (nSPS) is 13.9. The summed E-state index contributed by atoms with van der Waals surface area (Å²) >= 11 is 0. The average Bonchev–Trinajstić information content (AvgIpc) is 2.34. The molecule has 6 heteroatoms. The van der Waals surface area contributed by atoms with E-state index in [2.05, 4.69) is 39.2 Å². The zero-order valence-electron chi connectivity index (χ0n) is 15.4. The number of hydrogen-bond acceptors (Lipinski definition) is 4. The largest absolute Gasteiger partial charge is 0.467 e. The molecule has 5 nitrogen and oxygen atoms in total. The number of methoxy groups -OCH3 is 1. The maximum atomic E-state index is 11.9. The van der Waals surface area contributed by atoms with Crippen LogP contribution in [0, 0.1) is 5.92 Å². The van der Waals surface area contributed by atoms with Gasteiger partial charge in [0.15, 0.2) is 8.32 Å². The minimum Gasteiger partial charge on any atom is -0.467 e. The molecule has 0 fully saturated rings. The van der Waals surface area contributed by atoms with Crippen molar-refractivity contribution in [2.24, 2.45) is 5.92 Å². The Morgan fingerprint density at radius 3 is 2.14 bits per heavy atom. The number of rotatable bonds is 8. The number of ether oxygens (including phenoxy) is 1. The van der Waals surface area contributed by atoms with Crippen LogP contribution >= 0.6 is 0 Å². The van der Waals surface area contributed by atoms with Crippen molar-refractivity contribution < 1.29 is 18.8 Å². The van der Waals surface area contributed by atoms with E-state index in [1.807, 2.05) is 13.8 Å². The Bertz CT molecular complexity index is 375. The van der Waals surface area contributed by atoms with E-state index >= 15 is 0 Å². The lowest BCUT2D eigenvalue weighted by Crippen LogP contribution is -2.45. The number of carbonyl (C=O) groups excluding carboxylic acids is 2. The average molecular weight is 332 g/mol. The number of esters is 1. The van der Waals surface area contributed by atoms with Gasteiger partial charge in [-0.05, 0) is 24.1 Å². The van der Waals surface area contributed by atoms with Crippen LogP contribution in [0.2, 0.25) is 18.1 Å². The molecule has 0 saturated carbocycles. The molecule has 1 atom stereocenters. The summed E-state index contributed by atoms with van der Waals surface area (Å²) in [6.45, 7) is 15.2. The van der Waals surface area contributed by atoms with E-state index in [0.717, 1.165) is 0 Å². The molecule has 0 aliphatic carbocycles. The third-order valence-electron chi connectivity index (χ3n) is 4.09. The van der Waals surface area contributed by atoms with Crippen LogP contribution in [0.25, 0.3) is 0 Å². The first-order chi connectivity index (χ1) is 9.90. The highest BCUT2D eigenvalue weighted by Crippen LogP contribution is 2.36. The third kappa shape index (κ3) is 7.40. The summed E-state index contributed by atoms with van der Waals surface area (Å²) in [7, 11) is -0.516. The molecule has 0 spiro atoms. The molecule has 1 N–H and O–H groups in total. The van der Waals surface area contributed by atoms with Crippen molar-refractivity contribution >= 4 is 20.2 Å². The number of amides is 1. The summed E-state index contributed by atoms with van der Waals surface area (Å²) < 4.78 is 10.8. The first-order valence-electron chi connectivity index (χ1n) is 7.92. The molecule has 0 radical (unpaired) electrons. The number of hydrogen-bond donors (Lipinski definition) is 1. The maximum Gasteiger partial charge on any atom is 0.328 e. The van der Waals surface area contributed by atoms with Gasteiger partial charge in [-0.15, -0.1) is 0 Å². The van der Waals surface area contributed by atoms with Crippen LogP contribution in [-0.4, -0.2) is 40.0 Å². The molecule has 0 saturated heterocycles. The van der Waals surface area contributed by atoms with Crippen molar-refractivity contribution in [3.05, 3.63) is 0 Å². The second kappa shape index (κ2) is 8.67. The summed E-state index contributed by atoms with van der Waals surface area (Å²) in [6, 6.07) is -0.638. The highest BCUT2D eigenvalue weighted by molar-refractivity contribution is 6.74. The fourth-order valence-electron chi connectivity index (χ4n) is 1.66. The Hall–Kier alpha value is -0.883. The van der Waals surface area contributed by atoms with Gasteiger partial charge in [0.2, 0.25) is 5.91 Å². The number of nitrogens with one attached hydrogen (secondary N) is 1. The van der Waals surface area contributed by atoms with Crippen LogP contribution in [0.5, 0.6) is 0 Å².